The molecule has 26 heavy (non-hydrogen) atoms. The number of esters is 1. The molecule has 0 aliphatic carbocycles. The molecular formula is C19H20O6S. The van der Waals surface area contributed by atoms with Crippen LogP contribution < -0.4 is 0 Å². The second kappa shape index (κ2) is 7.57. The topological polar surface area (TPSA) is 101 Å². The highest BCUT2D eigenvalue weighted by atomic mass is 32.2. The van der Waals surface area contributed by atoms with Crippen molar-refractivity contribution < 1.29 is 28.2 Å². The van der Waals surface area contributed by atoms with E-state index < -0.39 is 39.4 Å². The van der Waals surface area contributed by atoms with Crippen LogP contribution in [0.4, 0.5) is 0 Å². The second-order valence-electron chi connectivity index (χ2n) is 6.29. The SMILES string of the molecule is O=C1CC(S(=O)(=O)c2ccccc2)C[C@H]([C@H](O)[C@@H](O)c2ccccc2)O1. The van der Waals surface area contributed by atoms with E-state index in [2.05, 4.69) is 0 Å². The van der Waals surface area contributed by atoms with Gasteiger partial charge in [0.15, 0.2) is 9.84 Å². The van der Waals surface area contributed by atoms with Crippen molar-refractivity contribution in [3.05, 3.63) is 66.2 Å². The number of carbonyl (C=O) groups is 1. The van der Waals surface area contributed by atoms with E-state index >= 15 is 0 Å². The smallest absolute Gasteiger partial charge is 0.307 e. The first-order chi connectivity index (χ1) is 12.4. The van der Waals surface area contributed by atoms with Gasteiger partial charge in [0.1, 0.15) is 18.3 Å². The Balaban J connectivity index is 1.81. The molecule has 6 nitrogen and oxygen atoms in total. The Hall–Kier alpha value is -2.22. The molecule has 2 aromatic rings. The summed E-state index contributed by atoms with van der Waals surface area (Å²) in [7, 11) is -3.75. The van der Waals surface area contributed by atoms with E-state index in [0.717, 1.165) is 0 Å². The molecule has 7 heteroatoms. The first-order valence-corrected chi connectivity index (χ1v) is 9.83. The van der Waals surface area contributed by atoms with Gasteiger partial charge in [-0.15, -0.1) is 0 Å². The van der Waals surface area contributed by atoms with E-state index in [1.54, 1.807) is 48.5 Å². The first-order valence-electron chi connectivity index (χ1n) is 8.29. The lowest BCUT2D eigenvalue weighted by atomic mass is 9.95. The van der Waals surface area contributed by atoms with E-state index in [1.807, 2.05) is 0 Å². The van der Waals surface area contributed by atoms with Gasteiger partial charge < -0.3 is 14.9 Å². The average molecular weight is 376 g/mol. The predicted octanol–water partition coefficient (Wildman–Crippen LogP) is 1.63. The second-order valence-corrected chi connectivity index (χ2v) is 8.52. The number of cyclic esters (lactones) is 1. The number of carbonyl (C=O) groups excluding carboxylic acids is 1. The van der Waals surface area contributed by atoms with Crippen molar-refractivity contribution >= 4 is 15.8 Å². The van der Waals surface area contributed by atoms with Crippen LogP contribution in [0.2, 0.25) is 0 Å². The lowest BCUT2D eigenvalue weighted by Crippen LogP contribution is -2.45. The zero-order chi connectivity index (χ0) is 18.7. The van der Waals surface area contributed by atoms with Crippen LogP contribution in [0.3, 0.4) is 0 Å². The quantitative estimate of drug-likeness (QED) is 0.769. The standard InChI is InChI=1S/C19H20O6S/c20-17-12-15(26(23,24)14-9-5-2-6-10-14)11-16(25-17)19(22)18(21)13-7-3-1-4-8-13/h1-10,15-16,18-19,21-22H,11-12H2/t15?,16-,18+,19+/m1/s1. The third-order valence-electron chi connectivity index (χ3n) is 4.53. The van der Waals surface area contributed by atoms with E-state index in [0.29, 0.717) is 5.56 Å². The fourth-order valence-corrected chi connectivity index (χ4v) is 4.81. The first kappa shape index (κ1) is 18.6. The van der Waals surface area contributed by atoms with Crippen molar-refractivity contribution in [2.24, 2.45) is 0 Å². The van der Waals surface area contributed by atoms with E-state index in [1.165, 1.54) is 12.1 Å². The molecule has 2 N–H and O–H groups in total. The summed E-state index contributed by atoms with van der Waals surface area (Å²) in [5.74, 6) is -0.704. The summed E-state index contributed by atoms with van der Waals surface area (Å²) in [6.07, 6.45) is -4.16. The van der Waals surface area contributed by atoms with Gasteiger partial charge in [-0.2, -0.15) is 0 Å². The molecule has 3 rings (SSSR count). The van der Waals surface area contributed by atoms with Crippen molar-refractivity contribution in [3.8, 4) is 0 Å². The predicted molar refractivity (Wildman–Crippen MR) is 93.9 cm³/mol. The molecular weight excluding hydrogens is 356 g/mol. The van der Waals surface area contributed by atoms with Crippen LogP contribution in [-0.2, 0) is 19.4 Å². The fraction of sp³-hybridized carbons (Fsp3) is 0.316. The zero-order valence-corrected chi connectivity index (χ0v) is 14.7. The Bertz CT molecular complexity index is 850. The minimum absolute atomic E-state index is 0.0754. The fourth-order valence-electron chi connectivity index (χ4n) is 3.09. The average Bonchev–Trinajstić information content (AvgIpc) is 2.67. The maximum absolute atomic E-state index is 12.8. The highest BCUT2D eigenvalue weighted by molar-refractivity contribution is 7.92. The number of hydrogen-bond donors (Lipinski definition) is 2. The monoisotopic (exact) mass is 376 g/mol. The number of aliphatic hydroxyl groups is 2. The largest absolute Gasteiger partial charge is 0.459 e. The van der Waals surface area contributed by atoms with Crippen LogP contribution in [0.5, 0.6) is 0 Å². The van der Waals surface area contributed by atoms with Gasteiger partial charge in [0.05, 0.1) is 16.6 Å². The van der Waals surface area contributed by atoms with Crippen LogP contribution in [0.15, 0.2) is 65.6 Å². The summed E-state index contributed by atoms with van der Waals surface area (Å²) < 4.78 is 30.7. The number of hydrogen-bond acceptors (Lipinski definition) is 6. The number of sulfone groups is 1. The molecule has 138 valence electrons. The number of rotatable bonds is 5. The molecule has 0 radical (unpaired) electrons. The summed E-state index contributed by atoms with van der Waals surface area (Å²) in [4.78, 5) is 12.1. The Morgan fingerprint density at radius 2 is 1.54 bits per heavy atom. The lowest BCUT2D eigenvalue weighted by Gasteiger charge is -2.33. The van der Waals surface area contributed by atoms with E-state index in [-0.39, 0.29) is 17.7 Å². The van der Waals surface area contributed by atoms with Crippen molar-refractivity contribution in [1.82, 2.24) is 0 Å². The molecule has 2 aromatic carbocycles. The molecule has 0 saturated carbocycles. The molecule has 0 spiro atoms. The minimum atomic E-state index is -3.75. The Morgan fingerprint density at radius 3 is 2.15 bits per heavy atom. The van der Waals surface area contributed by atoms with Gasteiger partial charge in [-0.25, -0.2) is 8.42 Å². The Kier molecular flexibility index (Phi) is 5.41. The van der Waals surface area contributed by atoms with Gasteiger partial charge in [-0.1, -0.05) is 48.5 Å². The van der Waals surface area contributed by atoms with E-state index in [4.69, 9.17) is 4.74 Å². The third-order valence-corrected chi connectivity index (χ3v) is 6.69. The number of ether oxygens (including phenoxy) is 1. The maximum atomic E-state index is 12.8. The van der Waals surface area contributed by atoms with Crippen molar-refractivity contribution in [3.63, 3.8) is 0 Å². The molecule has 1 unspecified atom stereocenters. The van der Waals surface area contributed by atoms with Crippen LogP contribution in [0.25, 0.3) is 0 Å². The molecule has 1 fully saturated rings. The highest BCUT2D eigenvalue weighted by Gasteiger charge is 2.42. The molecule has 1 saturated heterocycles. The van der Waals surface area contributed by atoms with Crippen molar-refractivity contribution in [1.29, 1.82) is 0 Å². The molecule has 0 amide bonds. The van der Waals surface area contributed by atoms with Crippen LogP contribution in [-0.4, -0.2) is 42.1 Å². The molecule has 1 aliphatic heterocycles. The number of benzene rings is 2. The molecule has 0 bridgehead atoms. The van der Waals surface area contributed by atoms with Crippen LogP contribution >= 0.6 is 0 Å². The summed E-state index contributed by atoms with van der Waals surface area (Å²) in [6.45, 7) is 0. The number of aliphatic hydroxyl groups excluding tert-OH is 2. The minimum Gasteiger partial charge on any atom is -0.459 e. The van der Waals surface area contributed by atoms with Gasteiger partial charge in [0, 0.05) is 6.42 Å². The summed E-state index contributed by atoms with van der Waals surface area (Å²) in [5.41, 5.74) is 0.462. The van der Waals surface area contributed by atoms with Gasteiger partial charge in [-0.05, 0) is 17.7 Å². The van der Waals surface area contributed by atoms with Gasteiger partial charge in [0.25, 0.3) is 0 Å². The van der Waals surface area contributed by atoms with Gasteiger partial charge in [0.2, 0.25) is 0 Å². The Labute approximate surface area is 152 Å². The third kappa shape index (κ3) is 3.80. The summed E-state index contributed by atoms with van der Waals surface area (Å²) in [6, 6.07) is 16.3. The van der Waals surface area contributed by atoms with Crippen molar-refractivity contribution in [2.45, 2.75) is 41.3 Å². The van der Waals surface area contributed by atoms with Gasteiger partial charge >= 0.3 is 5.97 Å². The molecule has 4 atom stereocenters. The van der Waals surface area contributed by atoms with Crippen molar-refractivity contribution in [2.75, 3.05) is 0 Å². The maximum Gasteiger partial charge on any atom is 0.307 e. The summed E-state index contributed by atoms with van der Waals surface area (Å²) >= 11 is 0. The Morgan fingerprint density at radius 1 is 0.962 bits per heavy atom. The zero-order valence-electron chi connectivity index (χ0n) is 13.9. The summed E-state index contributed by atoms with van der Waals surface area (Å²) in [5, 5.41) is 19.8. The molecule has 0 aromatic heterocycles. The van der Waals surface area contributed by atoms with Crippen LogP contribution in [0, 0.1) is 0 Å². The van der Waals surface area contributed by atoms with E-state index in [9.17, 15) is 23.4 Å². The van der Waals surface area contributed by atoms with Crippen LogP contribution in [0.1, 0.15) is 24.5 Å². The lowest BCUT2D eigenvalue weighted by molar-refractivity contribution is -0.166. The molecule has 1 heterocycles. The highest BCUT2D eigenvalue weighted by Crippen LogP contribution is 2.31. The normalized spacial score (nSPS) is 23.1. The van der Waals surface area contributed by atoms with Gasteiger partial charge in [-0.3, -0.25) is 4.79 Å². The molecule has 1 aliphatic rings.